The van der Waals surface area contributed by atoms with E-state index >= 15 is 0 Å². The van der Waals surface area contributed by atoms with Crippen LogP contribution in [0.25, 0.3) is 0 Å². The van der Waals surface area contributed by atoms with Crippen LogP contribution < -0.4 is 5.32 Å². The minimum atomic E-state index is -2.49. The molecular weight excluding hydrogens is 200 g/mol. The molecule has 4 heteroatoms. The van der Waals surface area contributed by atoms with Gasteiger partial charge in [-0.1, -0.05) is 0 Å². The quantitative estimate of drug-likeness (QED) is 0.676. The van der Waals surface area contributed by atoms with Crippen molar-refractivity contribution in [3.63, 3.8) is 0 Å². The van der Waals surface area contributed by atoms with E-state index in [-0.39, 0.29) is 18.9 Å². The van der Waals surface area contributed by atoms with E-state index in [1.165, 1.54) is 0 Å². The van der Waals surface area contributed by atoms with Crippen LogP contribution in [0.15, 0.2) is 0 Å². The Morgan fingerprint density at radius 2 is 1.73 bits per heavy atom. The first kappa shape index (κ1) is 11.3. The number of hydrogen-bond donors (Lipinski definition) is 1. The van der Waals surface area contributed by atoms with Gasteiger partial charge in [0.2, 0.25) is 5.92 Å². The van der Waals surface area contributed by atoms with Crippen molar-refractivity contribution in [3.8, 4) is 0 Å². The van der Waals surface area contributed by atoms with E-state index < -0.39 is 11.6 Å². The van der Waals surface area contributed by atoms with Crippen LogP contribution >= 0.6 is 0 Å². The fourth-order valence-corrected chi connectivity index (χ4v) is 2.75. The van der Waals surface area contributed by atoms with Crippen molar-refractivity contribution in [2.24, 2.45) is 0 Å². The molecule has 88 valence electrons. The Morgan fingerprint density at radius 1 is 1.13 bits per heavy atom. The third-order valence-electron chi connectivity index (χ3n) is 3.41. The monoisotopic (exact) mass is 219 g/mol. The Hall–Kier alpha value is -0.220. The zero-order valence-corrected chi connectivity index (χ0v) is 9.35. The van der Waals surface area contributed by atoms with Gasteiger partial charge in [-0.2, -0.15) is 0 Å². The molecular formula is C11H19F2NO. The molecule has 0 amide bonds. The molecule has 0 aromatic rings. The number of alkyl halides is 2. The molecule has 2 atom stereocenters. The Bertz CT molecular complexity index is 223. The summed E-state index contributed by atoms with van der Waals surface area (Å²) < 4.78 is 31.9. The van der Waals surface area contributed by atoms with Crippen molar-refractivity contribution in [3.05, 3.63) is 0 Å². The number of halogens is 2. The molecule has 1 saturated heterocycles. The first-order valence-electron chi connectivity index (χ1n) is 5.74. The highest BCUT2D eigenvalue weighted by molar-refractivity contribution is 4.93. The van der Waals surface area contributed by atoms with E-state index in [0.717, 1.165) is 6.42 Å². The van der Waals surface area contributed by atoms with E-state index in [1.54, 1.807) is 0 Å². The lowest BCUT2D eigenvalue weighted by molar-refractivity contribution is -0.194. The molecule has 0 radical (unpaired) electrons. The highest BCUT2D eigenvalue weighted by Gasteiger charge is 2.47. The summed E-state index contributed by atoms with van der Waals surface area (Å²) in [7, 11) is 0. The summed E-state index contributed by atoms with van der Waals surface area (Å²) >= 11 is 0. The SMILES string of the molecule is CC1CC(C)OC2(CCC(F)(F)CC2)N1. The third-order valence-corrected chi connectivity index (χ3v) is 3.41. The molecule has 15 heavy (non-hydrogen) atoms. The summed E-state index contributed by atoms with van der Waals surface area (Å²) in [6, 6.07) is 0.362. The Morgan fingerprint density at radius 3 is 2.27 bits per heavy atom. The third kappa shape index (κ3) is 2.48. The summed E-state index contributed by atoms with van der Waals surface area (Å²) in [5, 5.41) is 3.34. The first-order chi connectivity index (χ1) is 6.91. The van der Waals surface area contributed by atoms with Crippen LogP contribution in [0.4, 0.5) is 8.78 Å². The lowest BCUT2D eigenvalue weighted by atomic mass is 9.86. The molecule has 1 saturated carbocycles. The predicted octanol–water partition coefficient (Wildman–Crippen LogP) is 2.68. The fraction of sp³-hybridized carbons (Fsp3) is 1.00. The molecule has 2 unspecified atom stereocenters. The van der Waals surface area contributed by atoms with Crippen LogP contribution in [0.5, 0.6) is 0 Å². The molecule has 2 fully saturated rings. The minimum absolute atomic E-state index is 0.0561. The van der Waals surface area contributed by atoms with Crippen LogP contribution in [-0.4, -0.2) is 23.8 Å². The van der Waals surface area contributed by atoms with Gasteiger partial charge >= 0.3 is 0 Å². The molecule has 0 aromatic heterocycles. The molecule has 1 aliphatic carbocycles. The van der Waals surface area contributed by atoms with E-state index in [1.807, 2.05) is 6.92 Å². The number of ether oxygens (including phenoxy) is 1. The summed E-state index contributed by atoms with van der Waals surface area (Å²) in [5.41, 5.74) is -0.473. The van der Waals surface area contributed by atoms with E-state index in [2.05, 4.69) is 12.2 Å². The van der Waals surface area contributed by atoms with Gasteiger partial charge in [-0.25, -0.2) is 8.78 Å². The normalized spacial score (nSPS) is 39.2. The molecule has 1 aliphatic heterocycles. The highest BCUT2D eigenvalue weighted by Crippen LogP contribution is 2.41. The topological polar surface area (TPSA) is 21.3 Å². The van der Waals surface area contributed by atoms with Crippen LogP contribution in [0.1, 0.15) is 46.0 Å². The first-order valence-corrected chi connectivity index (χ1v) is 5.74. The molecule has 1 N–H and O–H groups in total. The van der Waals surface area contributed by atoms with Crippen LogP contribution in [0.3, 0.4) is 0 Å². The lowest BCUT2D eigenvalue weighted by Crippen LogP contribution is -2.60. The van der Waals surface area contributed by atoms with E-state index in [4.69, 9.17) is 4.74 Å². The number of hydrogen-bond acceptors (Lipinski definition) is 2. The predicted molar refractivity (Wildman–Crippen MR) is 53.9 cm³/mol. The lowest BCUT2D eigenvalue weighted by Gasteiger charge is -2.47. The Balaban J connectivity index is 2.02. The zero-order chi connectivity index (χ0) is 11.1. The summed E-state index contributed by atoms with van der Waals surface area (Å²) in [6.07, 6.45) is 1.87. The van der Waals surface area contributed by atoms with Crippen LogP contribution in [-0.2, 0) is 4.74 Å². The zero-order valence-electron chi connectivity index (χ0n) is 9.35. The minimum Gasteiger partial charge on any atom is -0.358 e. The second-order valence-corrected chi connectivity index (χ2v) is 5.06. The summed E-state index contributed by atoms with van der Waals surface area (Å²) in [5.74, 6) is -2.49. The molecule has 2 rings (SSSR count). The van der Waals surface area contributed by atoms with Gasteiger partial charge in [-0.3, -0.25) is 5.32 Å². The maximum Gasteiger partial charge on any atom is 0.248 e. The van der Waals surface area contributed by atoms with Crippen LogP contribution in [0, 0.1) is 0 Å². The van der Waals surface area contributed by atoms with E-state index in [9.17, 15) is 8.78 Å². The standard InChI is InChI=1S/C11H19F2NO/c1-8-7-9(2)15-11(14-8)5-3-10(12,13)4-6-11/h8-9,14H,3-7H2,1-2H3. The highest BCUT2D eigenvalue weighted by atomic mass is 19.3. The second-order valence-electron chi connectivity index (χ2n) is 5.06. The maximum absolute atomic E-state index is 13.1. The smallest absolute Gasteiger partial charge is 0.248 e. The number of rotatable bonds is 0. The molecule has 1 heterocycles. The second kappa shape index (κ2) is 3.67. The van der Waals surface area contributed by atoms with Crippen molar-refractivity contribution in [1.82, 2.24) is 5.32 Å². The average molecular weight is 219 g/mol. The van der Waals surface area contributed by atoms with Crippen molar-refractivity contribution in [2.45, 2.75) is 69.7 Å². The van der Waals surface area contributed by atoms with Gasteiger partial charge < -0.3 is 4.74 Å². The van der Waals surface area contributed by atoms with Crippen molar-refractivity contribution in [2.75, 3.05) is 0 Å². The van der Waals surface area contributed by atoms with Gasteiger partial charge in [-0.15, -0.1) is 0 Å². The van der Waals surface area contributed by atoms with Crippen molar-refractivity contribution >= 4 is 0 Å². The van der Waals surface area contributed by atoms with Gasteiger partial charge in [0.15, 0.2) is 0 Å². The van der Waals surface area contributed by atoms with Crippen molar-refractivity contribution in [1.29, 1.82) is 0 Å². The molecule has 1 spiro atoms. The van der Waals surface area contributed by atoms with Crippen molar-refractivity contribution < 1.29 is 13.5 Å². The van der Waals surface area contributed by atoms with E-state index in [0.29, 0.717) is 18.9 Å². The molecule has 0 aromatic carbocycles. The van der Waals surface area contributed by atoms with Gasteiger partial charge in [0.1, 0.15) is 5.72 Å². The summed E-state index contributed by atoms with van der Waals surface area (Å²) in [4.78, 5) is 0. The average Bonchev–Trinajstić information content (AvgIpc) is 2.10. The Labute approximate surface area is 89.4 Å². The maximum atomic E-state index is 13.1. The molecule has 2 nitrogen and oxygen atoms in total. The van der Waals surface area contributed by atoms with Crippen LogP contribution in [0.2, 0.25) is 0 Å². The van der Waals surface area contributed by atoms with Gasteiger partial charge in [0, 0.05) is 18.9 Å². The molecule has 0 bridgehead atoms. The number of nitrogens with one attached hydrogen (secondary N) is 1. The summed E-state index contributed by atoms with van der Waals surface area (Å²) in [6.45, 7) is 4.11. The van der Waals surface area contributed by atoms with Gasteiger partial charge in [0.05, 0.1) is 6.10 Å². The largest absolute Gasteiger partial charge is 0.358 e. The molecule has 2 aliphatic rings. The Kier molecular flexibility index (Phi) is 2.75. The van der Waals surface area contributed by atoms with Gasteiger partial charge in [0.25, 0.3) is 0 Å². The fourth-order valence-electron chi connectivity index (χ4n) is 2.75. The van der Waals surface area contributed by atoms with Gasteiger partial charge in [-0.05, 0) is 33.1 Å².